The number of hydrogen-bond donors (Lipinski definition) is 2. The lowest BCUT2D eigenvalue weighted by Gasteiger charge is -2.50. The number of fused-ring (bicyclic) bond motifs is 2. The standard InChI is InChI=1S/C38H32Cl2F2N6O9S2/c1-13-19(23(44-56-13)21-15(39)9-7-11-17(21)41)29(49)43-25-31(51)47-27(37(3,4)58-34(25)47)33(53)46(26-32(52)48-28(36(54)55)38(5,6)59-35(26)48)30(50)20-14(2)57-45-24(20)22-16(40)10-8-12-18(22)42/h7-12,25-28,34-35H,1-6H3,(H,43,49)(H,54,55)/t25-,26-,27+,28+,34-,35-/m1/s1. The molecule has 2 aromatic carbocycles. The molecule has 2 N–H and O–H groups in total. The number of halogens is 4. The number of thioether (sulfide) groups is 2. The molecule has 59 heavy (non-hydrogen) atoms. The minimum atomic E-state index is -1.56. The van der Waals surface area contributed by atoms with Crippen molar-refractivity contribution in [3.05, 3.63) is 80.7 Å². The first-order valence-electron chi connectivity index (χ1n) is 17.9. The van der Waals surface area contributed by atoms with Gasteiger partial charge in [-0.1, -0.05) is 45.6 Å². The van der Waals surface area contributed by atoms with Gasteiger partial charge >= 0.3 is 5.97 Å². The molecule has 6 atom stereocenters. The summed E-state index contributed by atoms with van der Waals surface area (Å²) in [5.74, 6) is -7.55. The predicted octanol–water partition coefficient (Wildman–Crippen LogP) is 5.54. The molecule has 2 aromatic heterocycles. The van der Waals surface area contributed by atoms with E-state index in [0.717, 1.165) is 40.6 Å². The van der Waals surface area contributed by atoms with Crippen molar-refractivity contribution in [2.75, 3.05) is 0 Å². The van der Waals surface area contributed by atoms with Gasteiger partial charge in [0.25, 0.3) is 23.6 Å². The molecular formula is C38H32Cl2F2N6O9S2. The number of carbonyl (C=O) groups excluding carboxylic acids is 5. The summed E-state index contributed by atoms with van der Waals surface area (Å²) in [6, 6.07) is 2.20. The highest BCUT2D eigenvalue weighted by Gasteiger charge is 2.70. The normalized spacial score (nSPS) is 24.9. The fourth-order valence-electron chi connectivity index (χ4n) is 8.26. The van der Waals surface area contributed by atoms with Crippen LogP contribution in [0, 0.1) is 25.5 Å². The van der Waals surface area contributed by atoms with E-state index in [9.17, 15) is 33.5 Å². The number of carbonyl (C=O) groups is 6. The van der Waals surface area contributed by atoms with Gasteiger partial charge in [0.1, 0.15) is 80.6 Å². The van der Waals surface area contributed by atoms with E-state index in [-0.39, 0.29) is 55.2 Å². The molecule has 0 unspecified atom stereocenters. The Balaban J connectivity index is 1.15. The fraction of sp³-hybridized carbons (Fsp3) is 0.368. The number of aromatic nitrogens is 2. The van der Waals surface area contributed by atoms with Crippen molar-refractivity contribution in [1.29, 1.82) is 0 Å². The third-order valence-corrected chi connectivity index (χ3v) is 14.7. The molecule has 0 bridgehead atoms. The molecule has 4 aromatic rings. The summed E-state index contributed by atoms with van der Waals surface area (Å²) in [5.41, 5.74) is -1.58. The Morgan fingerprint density at radius 1 is 0.797 bits per heavy atom. The van der Waals surface area contributed by atoms with Gasteiger partial charge in [0.2, 0.25) is 5.91 Å². The van der Waals surface area contributed by atoms with E-state index in [1.54, 1.807) is 27.7 Å². The second-order valence-corrected chi connectivity index (χ2v) is 19.7. The average Bonchev–Trinajstić information content (AvgIpc) is 3.86. The van der Waals surface area contributed by atoms with Crippen LogP contribution in [0.1, 0.15) is 59.9 Å². The van der Waals surface area contributed by atoms with Gasteiger partial charge < -0.3 is 29.3 Å². The zero-order valence-electron chi connectivity index (χ0n) is 31.7. The maximum Gasteiger partial charge on any atom is 0.327 e. The van der Waals surface area contributed by atoms with Gasteiger partial charge in [-0.15, -0.1) is 23.5 Å². The minimum Gasteiger partial charge on any atom is -0.480 e. The molecule has 6 heterocycles. The van der Waals surface area contributed by atoms with E-state index in [4.69, 9.17) is 32.2 Å². The summed E-state index contributed by atoms with van der Waals surface area (Å²) in [7, 11) is 0. The van der Waals surface area contributed by atoms with Gasteiger partial charge in [-0.3, -0.25) is 28.9 Å². The first-order valence-corrected chi connectivity index (χ1v) is 20.4. The molecule has 0 saturated carbocycles. The Hall–Kier alpha value is -4.98. The maximum atomic E-state index is 15.3. The van der Waals surface area contributed by atoms with Crippen molar-refractivity contribution in [2.45, 2.75) is 86.0 Å². The third-order valence-electron chi connectivity index (χ3n) is 10.9. The molecule has 4 aliphatic heterocycles. The van der Waals surface area contributed by atoms with Crippen LogP contribution < -0.4 is 5.32 Å². The molecule has 0 aliphatic carbocycles. The number of imide groups is 1. The molecule has 8 rings (SSSR count). The molecule has 21 heteroatoms. The molecule has 4 aliphatic rings. The van der Waals surface area contributed by atoms with E-state index in [0.29, 0.717) is 4.90 Å². The monoisotopic (exact) mass is 888 g/mol. The number of benzene rings is 2. The molecule has 15 nitrogen and oxygen atoms in total. The zero-order chi connectivity index (χ0) is 42.8. The van der Waals surface area contributed by atoms with E-state index in [1.165, 1.54) is 43.0 Å². The largest absolute Gasteiger partial charge is 0.480 e. The Bertz CT molecular complexity index is 2510. The summed E-state index contributed by atoms with van der Waals surface area (Å²) >= 11 is 14.9. The number of nitrogens with zero attached hydrogens (tertiary/aromatic N) is 5. The summed E-state index contributed by atoms with van der Waals surface area (Å²) in [4.78, 5) is 87.6. The van der Waals surface area contributed by atoms with Crippen LogP contribution in [-0.4, -0.2) is 110 Å². The van der Waals surface area contributed by atoms with E-state index in [1.807, 2.05) is 0 Å². The molecular weight excluding hydrogens is 857 g/mol. The minimum absolute atomic E-state index is 0.0134. The maximum absolute atomic E-state index is 15.3. The average molecular weight is 890 g/mol. The lowest BCUT2D eigenvalue weighted by Crippen LogP contribution is -2.76. The Kier molecular flexibility index (Phi) is 9.72. The Morgan fingerprint density at radius 2 is 1.29 bits per heavy atom. The summed E-state index contributed by atoms with van der Waals surface area (Å²) < 4.78 is 38.6. The molecule has 308 valence electrons. The van der Waals surface area contributed by atoms with Crippen LogP contribution in [0.3, 0.4) is 0 Å². The number of amides is 5. The van der Waals surface area contributed by atoms with E-state index >= 15 is 9.18 Å². The first-order chi connectivity index (χ1) is 27.7. The lowest BCUT2D eigenvalue weighted by atomic mass is 9.91. The number of nitrogens with one attached hydrogen (secondary N) is 1. The zero-order valence-corrected chi connectivity index (χ0v) is 34.9. The molecule has 0 spiro atoms. The lowest BCUT2D eigenvalue weighted by molar-refractivity contribution is -0.169. The highest BCUT2D eigenvalue weighted by Crippen LogP contribution is 2.55. The number of β-lactam (4-membered cyclic amide) rings is 2. The van der Waals surface area contributed by atoms with Gasteiger partial charge in [0.05, 0.1) is 21.2 Å². The van der Waals surface area contributed by atoms with Crippen molar-refractivity contribution in [3.8, 4) is 22.5 Å². The smallest absolute Gasteiger partial charge is 0.327 e. The van der Waals surface area contributed by atoms with Gasteiger partial charge in [0.15, 0.2) is 0 Å². The highest BCUT2D eigenvalue weighted by atomic mass is 35.5. The quantitative estimate of drug-likeness (QED) is 0.165. The van der Waals surface area contributed by atoms with Gasteiger partial charge in [-0.05, 0) is 65.8 Å². The summed E-state index contributed by atoms with van der Waals surface area (Å²) in [6.07, 6.45) is 0. The molecule has 0 radical (unpaired) electrons. The van der Waals surface area contributed by atoms with Gasteiger partial charge in [0, 0.05) is 9.49 Å². The number of hydrogen-bond acceptors (Lipinski definition) is 12. The SMILES string of the molecule is Cc1onc(-c2c(F)cccc2Cl)c1C(=O)N[C@@H]1C(=O)N2[C@@H]1SC(C)(C)[C@@H]2C(=O)N(C(=O)c1c(-c2c(F)cccc2Cl)noc1C)[C@@H]1C(=O)N2[C@@H]1SC(C)(C)[C@@H]2C(=O)O. The van der Waals surface area contributed by atoms with Crippen molar-refractivity contribution in [2.24, 2.45) is 0 Å². The van der Waals surface area contributed by atoms with E-state index < -0.39 is 91.5 Å². The highest BCUT2D eigenvalue weighted by molar-refractivity contribution is 8.02. The Morgan fingerprint density at radius 3 is 1.83 bits per heavy atom. The number of carboxylic acid groups (broad SMARTS) is 1. The number of rotatable bonds is 8. The van der Waals surface area contributed by atoms with Crippen molar-refractivity contribution >= 4 is 82.2 Å². The van der Waals surface area contributed by atoms with Crippen molar-refractivity contribution in [3.63, 3.8) is 0 Å². The number of aliphatic carboxylic acids is 1. The fourth-order valence-corrected chi connectivity index (χ4v) is 12.1. The van der Waals surface area contributed by atoms with Crippen LogP contribution in [0.2, 0.25) is 10.0 Å². The molecule has 4 fully saturated rings. The molecule has 4 saturated heterocycles. The van der Waals surface area contributed by atoms with Crippen LogP contribution in [0.15, 0.2) is 45.4 Å². The van der Waals surface area contributed by atoms with Crippen molar-refractivity contribution < 1.29 is 51.7 Å². The van der Waals surface area contributed by atoms with E-state index in [2.05, 4.69) is 15.6 Å². The first kappa shape index (κ1) is 40.8. The Labute approximate surface area is 352 Å². The van der Waals surface area contributed by atoms with Crippen LogP contribution in [0.4, 0.5) is 8.78 Å². The van der Waals surface area contributed by atoms with Gasteiger partial charge in [-0.25, -0.2) is 13.6 Å². The van der Waals surface area contributed by atoms with Crippen LogP contribution in [0.5, 0.6) is 0 Å². The van der Waals surface area contributed by atoms with Crippen LogP contribution in [-0.2, 0) is 19.2 Å². The second kappa shape index (κ2) is 14.1. The predicted molar refractivity (Wildman–Crippen MR) is 209 cm³/mol. The van der Waals surface area contributed by atoms with Gasteiger partial charge in [-0.2, -0.15) is 0 Å². The van der Waals surface area contributed by atoms with Crippen LogP contribution in [0.25, 0.3) is 22.5 Å². The van der Waals surface area contributed by atoms with Crippen LogP contribution >= 0.6 is 46.7 Å². The number of aryl methyl sites for hydroxylation is 2. The number of carboxylic acids is 1. The van der Waals surface area contributed by atoms with Crippen molar-refractivity contribution in [1.82, 2.24) is 30.3 Å². The molecule has 5 amide bonds. The summed E-state index contributed by atoms with van der Waals surface area (Å²) in [6.45, 7) is 9.32. The summed E-state index contributed by atoms with van der Waals surface area (Å²) in [5, 5.41) is 18.5. The topological polar surface area (TPSA) is 196 Å². The second-order valence-electron chi connectivity index (χ2n) is 15.4. The third kappa shape index (κ3) is 6.05.